The molecule has 1 aliphatic heterocycles. The second kappa shape index (κ2) is 4.03. The summed E-state index contributed by atoms with van der Waals surface area (Å²) in [4.78, 5) is 8.44. The topological polar surface area (TPSA) is 37.8 Å². The molecule has 1 atom stereocenters. The molecule has 70 valence electrons. The maximum absolute atomic E-state index is 5.71. The van der Waals surface area contributed by atoms with Crippen LogP contribution < -0.4 is 5.32 Å². The van der Waals surface area contributed by atoms with Gasteiger partial charge in [0, 0.05) is 24.9 Å². The van der Waals surface area contributed by atoms with Gasteiger partial charge >= 0.3 is 0 Å². The summed E-state index contributed by atoms with van der Waals surface area (Å²) in [6, 6.07) is 0. The van der Waals surface area contributed by atoms with Crippen LogP contribution in [0.15, 0.2) is 12.4 Å². The molecule has 13 heavy (non-hydrogen) atoms. The number of piperidine rings is 1. The van der Waals surface area contributed by atoms with E-state index in [2.05, 4.69) is 15.3 Å². The lowest BCUT2D eigenvalue weighted by molar-refractivity contribution is 0.446. The van der Waals surface area contributed by atoms with Gasteiger partial charge in [0.25, 0.3) is 0 Å². The van der Waals surface area contributed by atoms with E-state index in [0.717, 1.165) is 18.9 Å². The number of nitrogens with zero attached hydrogens (tertiary/aromatic N) is 2. The Morgan fingerprint density at radius 2 is 2.15 bits per heavy atom. The molecule has 0 bridgehead atoms. The molecule has 4 heteroatoms. The van der Waals surface area contributed by atoms with Crippen LogP contribution in [0.1, 0.15) is 24.6 Å². The van der Waals surface area contributed by atoms with E-state index >= 15 is 0 Å². The Morgan fingerprint density at radius 1 is 1.38 bits per heavy atom. The van der Waals surface area contributed by atoms with Gasteiger partial charge in [-0.15, -0.1) is 0 Å². The van der Waals surface area contributed by atoms with E-state index in [1.54, 1.807) is 12.4 Å². The molecule has 0 spiro atoms. The van der Waals surface area contributed by atoms with Crippen LogP contribution in [0.3, 0.4) is 0 Å². The van der Waals surface area contributed by atoms with Crippen molar-refractivity contribution >= 4 is 11.6 Å². The number of aromatic nitrogens is 2. The van der Waals surface area contributed by atoms with Gasteiger partial charge in [-0.2, -0.15) is 0 Å². The summed E-state index contributed by atoms with van der Waals surface area (Å²) in [6.07, 6.45) is 5.71. The van der Waals surface area contributed by atoms with Gasteiger partial charge in [-0.1, -0.05) is 11.6 Å². The standard InChI is InChI=1S/C9H12ClN3/c10-8-5-12-9(13-6-8)7-2-1-3-11-4-7/h5-7,11H,1-4H2. The van der Waals surface area contributed by atoms with E-state index in [4.69, 9.17) is 11.6 Å². The van der Waals surface area contributed by atoms with Crippen molar-refractivity contribution in [2.75, 3.05) is 13.1 Å². The molecule has 2 rings (SSSR count). The van der Waals surface area contributed by atoms with Crippen molar-refractivity contribution in [3.05, 3.63) is 23.2 Å². The van der Waals surface area contributed by atoms with Gasteiger partial charge in [-0.05, 0) is 19.4 Å². The van der Waals surface area contributed by atoms with E-state index in [0.29, 0.717) is 10.9 Å². The predicted molar refractivity (Wildman–Crippen MR) is 51.9 cm³/mol. The first kappa shape index (κ1) is 8.91. The molecule has 0 saturated carbocycles. The van der Waals surface area contributed by atoms with Crippen molar-refractivity contribution in [2.45, 2.75) is 18.8 Å². The predicted octanol–water partition coefficient (Wildman–Crippen LogP) is 1.60. The van der Waals surface area contributed by atoms with Crippen LogP contribution in [0.5, 0.6) is 0 Å². The molecule has 1 aromatic rings. The summed E-state index contributed by atoms with van der Waals surface area (Å²) in [5.74, 6) is 1.38. The second-order valence-electron chi connectivity index (χ2n) is 3.30. The van der Waals surface area contributed by atoms with Gasteiger partial charge in [0.05, 0.1) is 5.02 Å². The Labute approximate surface area is 82.5 Å². The zero-order valence-electron chi connectivity index (χ0n) is 7.33. The lowest BCUT2D eigenvalue weighted by Gasteiger charge is -2.20. The molecule has 0 aromatic carbocycles. The van der Waals surface area contributed by atoms with Gasteiger partial charge < -0.3 is 5.32 Å². The molecular weight excluding hydrogens is 186 g/mol. The molecule has 0 radical (unpaired) electrons. The van der Waals surface area contributed by atoms with Crippen LogP contribution in [-0.4, -0.2) is 23.1 Å². The summed E-state index contributed by atoms with van der Waals surface area (Å²) in [5, 5.41) is 3.94. The quantitative estimate of drug-likeness (QED) is 0.743. The molecule has 2 heterocycles. The highest BCUT2D eigenvalue weighted by Gasteiger charge is 2.16. The molecule has 1 aromatic heterocycles. The van der Waals surface area contributed by atoms with Gasteiger partial charge in [-0.25, -0.2) is 9.97 Å². The van der Waals surface area contributed by atoms with E-state index in [-0.39, 0.29) is 0 Å². The summed E-state index contributed by atoms with van der Waals surface area (Å²) < 4.78 is 0. The van der Waals surface area contributed by atoms with Crippen LogP contribution in [-0.2, 0) is 0 Å². The SMILES string of the molecule is Clc1cnc(C2CCCNC2)nc1. The highest BCUT2D eigenvalue weighted by Crippen LogP contribution is 2.19. The average Bonchev–Trinajstić information content (AvgIpc) is 2.20. The normalized spacial score (nSPS) is 23.0. The monoisotopic (exact) mass is 197 g/mol. The molecule has 0 amide bonds. The zero-order chi connectivity index (χ0) is 9.10. The smallest absolute Gasteiger partial charge is 0.132 e. The van der Waals surface area contributed by atoms with Crippen LogP contribution in [0.2, 0.25) is 5.02 Å². The lowest BCUT2D eigenvalue weighted by Crippen LogP contribution is -2.29. The summed E-state index contributed by atoms with van der Waals surface area (Å²) in [6.45, 7) is 2.10. The third-order valence-corrected chi connectivity index (χ3v) is 2.50. The Hall–Kier alpha value is -0.670. The minimum absolute atomic E-state index is 0.464. The number of halogens is 1. The molecule has 1 aliphatic rings. The molecule has 1 unspecified atom stereocenters. The van der Waals surface area contributed by atoms with Crippen LogP contribution in [0.25, 0.3) is 0 Å². The minimum Gasteiger partial charge on any atom is -0.316 e. The van der Waals surface area contributed by atoms with Gasteiger partial charge in [-0.3, -0.25) is 0 Å². The number of rotatable bonds is 1. The highest BCUT2D eigenvalue weighted by atomic mass is 35.5. The number of hydrogen-bond donors (Lipinski definition) is 1. The third-order valence-electron chi connectivity index (χ3n) is 2.30. The third kappa shape index (κ3) is 2.17. The zero-order valence-corrected chi connectivity index (χ0v) is 8.09. The summed E-state index contributed by atoms with van der Waals surface area (Å²) in [5.41, 5.74) is 0. The van der Waals surface area contributed by atoms with Crippen molar-refractivity contribution in [2.24, 2.45) is 0 Å². The van der Waals surface area contributed by atoms with Crippen molar-refractivity contribution in [1.29, 1.82) is 0 Å². The Balaban J connectivity index is 2.10. The second-order valence-corrected chi connectivity index (χ2v) is 3.74. The van der Waals surface area contributed by atoms with Crippen molar-refractivity contribution < 1.29 is 0 Å². The number of hydrogen-bond acceptors (Lipinski definition) is 3. The molecule has 3 nitrogen and oxygen atoms in total. The van der Waals surface area contributed by atoms with Gasteiger partial charge in [0.1, 0.15) is 5.82 Å². The van der Waals surface area contributed by atoms with Crippen LogP contribution >= 0.6 is 11.6 Å². The first-order valence-corrected chi connectivity index (χ1v) is 4.92. The fourth-order valence-corrected chi connectivity index (χ4v) is 1.70. The minimum atomic E-state index is 0.464. The van der Waals surface area contributed by atoms with Crippen LogP contribution in [0.4, 0.5) is 0 Å². The molecule has 1 N–H and O–H groups in total. The van der Waals surface area contributed by atoms with E-state index in [1.807, 2.05) is 0 Å². The average molecular weight is 198 g/mol. The fraction of sp³-hybridized carbons (Fsp3) is 0.556. The maximum atomic E-state index is 5.71. The Kier molecular flexibility index (Phi) is 2.76. The summed E-state index contributed by atoms with van der Waals surface area (Å²) in [7, 11) is 0. The van der Waals surface area contributed by atoms with E-state index < -0.39 is 0 Å². The van der Waals surface area contributed by atoms with Crippen molar-refractivity contribution in [3.63, 3.8) is 0 Å². The maximum Gasteiger partial charge on any atom is 0.132 e. The van der Waals surface area contributed by atoms with Crippen LogP contribution in [0, 0.1) is 0 Å². The first-order chi connectivity index (χ1) is 6.36. The Morgan fingerprint density at radius 3 is 2.77 bits per heavy atom. The highest BCUT2D eigenvalue weighted by molar-refractivity contribution is 6.30. The summed E-state index contributed by atoms with van der Waals surface area (Å²) >= 11 is 5.71. The molecule has 1 fully saturated rings. The van der Waals surface area contributed by atoms with Gasteiger partial charge in [0.15, 0.2) is 0 Å². The number of nitrogens with one attached hydrogen (secondary N) is 1. The van der Waals surface area contributed by atoms with Crippen molar-refractivity contribution in [3.8, 4) is 0 Å². The van der Waals surface area contributed by atoms with Crippen molar-refractivity contribution in [1.82, 2.24) is 15.3 Å². The first-order valence-electron chi connectivity index (χ1n) is 4.54. The van der Waals surface area contributed by atoms with Gasteiger partial charge in [0.2, 0.25) is 0 Å². The largest absolute Gasteiger partial charge is 0.316 e. The molecular formula is C9H12ClN3. The molecule has 1 saturated heterocycles. The molecule has 0 aliphatic carbocycles. The van der Waals surface area contributed by atoms with E-state index in [1.165, 1.54) is 12.8 Å². The Bertz CT molecular complexity index is 267. The lowest BCUT2D eigenvalue weighted by atomic mass is 9.99. The van der Waals surface area contributed by atoms with E-state index in [9.17, 15) is 0 Å². The fourth-order valence-electron chi connectivity index (χ4n) is 1.61.